The van der Waals surface area contributed by atoms with Crippen molar-refractivity contribution in [1.29, 1.82) is 0 Å². The standard InChI is InChI=1S/2C3H8O.2C2H5O.Mo.O/c2*1-3(2)4;2*1-2-3;;/h2*3-4H,1-2H3;2*2H2,1H3;;/q;;2*-1;+2;. The van der Waals surface area contributed by atoms with Gasteiger partial charge in [-0.15, -0.1) is 0 Å². The molecule has 0 aromatic heterocycles. The number of rotatable bonds is 4. The van der Waals surface area contributed by atoms with Crippen molar-refractivity contribution < 1.29 is 38.4 Å². The number of hydrogen-bond acceptors (Lipinski definition) is 5. The third-order valence-electron chi connectivity index (χ3n) is 0.428. The quantitative estimate of drug-likeness (QED) is 0.770. The van der Waals surface area contributed by atoms with Gasteiger partial charge in [0.25, 0.3) is 0 Å². The first-order valence-corrected chi connectivity index (χ1v) is 7.78. The summed E-state index contributed by atoms with van der Waals surface area (Å²) in [7, 11) is 0. The Kier molecular flexibility index (Phi) is 23.9. The van der Waals surface area contributed by atoms with E-state index in [1.807, 2.05) is 0 Å². The summed E-state index contributed by atoms with van der Waals surface area (Å²) < 4.78 is 19.8. The Morgan fingerprint density at radius 1 is 0.938 bits per heavy atom. The minimum atomic E-state index is -2.71. The van der Waals surface area contributed by atoms with E-state index in [-0.39, 0.29) is 12.2 Å². The Balaban J connectivity index is -0.000000179. The van der Waals surface area contributed by atoms with Crippen LogP contribution in [0.1, 0.15) is 41.5 Å². The van der Waals surface area contributed by atoms with Gasteiger partial charge in [0, 0.05) is 12.2 Å². The van der Waals surface area contributed by atoms with Crippen LogP contribution in [0.3, 0.4) is 0 Å². The molecule has 2 N–H and O–H groups in total. The van der Waals surface area contributed by atoms with Crippen LogP contribution in [0, 0.1) is 0 Å². The minimum absolute atomic E-state index is 0.167. The first-order valence-electron chi connectivity index (χ1n) is 5.32. The van der Waals surface area contributed by atoms with E-state index in [1.54, 1.807) is 41.5 Å². The summed E-state index contributed by atoms with van der Waals surface area (Å²) in [4.78, 5) is 0. The summed E-state index contributed by atoms with van der Waals surface area (Å²) in [5.74, 6) is 0. The van der Waals surface area contributed by atoms with Gasteiger partial charge in [-0.3, -0.25) is 0 Å². The first kappa shape index (κ1) is 21.6. The summed E-state index contributed by atoms with van der Waals surface area (Å²) in [6, 6.07) is 0. The number of aliphatic hydroxyl groups is 2. The van der Waals surface area contributed by atoms with Gasteiger partial charge in [-0.05, 0) is 27.7 Å². The van der Waals surface area contributed by atoms with E-state index < -0.39 is 18.0 Å². The molecule has 0 amide bonds. The summed E-state index contributed by atoms with van der Waals surface area (Å²) in [5.41, 5.74) is 0. The zero-order valence-electron chi connectivity index (χ0n) is 11.1. The van der Waals surface area contributed by atoms with Gasteiger partial charge in [0.05, 0.1) is 0 Å². The molecule has 5 nitrogen and oxygen atoms in total. The molecule has 0 aliphatic carbocycles. The van der Waals surface area contributed by atoms with Crippen LogP contribution in [0.2, 0.25) is 0 Å². The molecular weight excluding hydrogens is 296 g/mol. The molecule has 0 spiro atoms. The van der Waals surface area contributed by atoms with Crippen LogP contribution in [0.5, 0.6) is 0 Å². The maximum absolute atomic E-state index is 10.5. The van der Waals surface area contributed by atoms with Crippen molar-refractivity contribution in [3.63, 3.8) is 0 Å². The second-order valence-electron chi connectivity index (χ2n) is 3.20. The van der Waals surface area contributed by atoms with Gasteiger partial charge < -0.3 is 10.2 Å². The van der Waals surface area contributed by atoms with Gasteiger partial charge >= 0.3 is 55.3 Å². The van der Waals surface area contributed by atoms with Gasteiger partial charge in [-0.25, -0.2) is 0 Å². The third-order valence-corrected chi connectivity index (χ3v) is 2.53. The fourth-order valence-corrected chi connectivity index (χ4v) is 1.34. The fourth-order valence-electron chi connectivity index (χ4n) is 0.226. The monoisotopic (exact) mass is 324 g/mol. The number of hydrogen-bond donors (Lipinski definition) is 2. The predicted molar refractivity (Wildman–Crippen MR) is 58.6 cm³/mol. The van der Waals surface area contributed by atoms with E-state index in [1.165, 1.54) is 0 Å². The summed E-state index contributed by atoms with van der Waals surface area (Å²) in [6.07, 6.45) is -0.333. The molecule has 0 saturated heterocycles. The molecule has 102 valence electrons. The van der Waals surface area contributed by atoms with E-state index in [4.69, 9.17) is 10.2 Å². The average molecular weight is 322 g/mol. The topological polar surface area (TPSA) is 76.0 Å². The molecule has 0 aliphatic rings. The molecule has 0 radical (unpaired) electrons. The Bertz CT molecular complexity index is 120. The van der Waals surface area contributed by atoms with E-state index in [0.717, 1.165) is 0 Å². The maximum atomic E-state index is 10.5. The normalized spacial score (nSPS) is 9.69. The molecule has 0 aromatic rings. The van der Waals surface area contributed by atoms with E-state index in [9.17, 15) is 3.40 Å². The molecule has 6 heteroatoms. The summed E-state index contributed by atoms with van der Waals surface area (Å²) in [6.45, 7) is 11.5. The fraction of sp³-hybridized carbons (Fsp3) is 1.00. The molecule has 0 heterocycles. The molecule has 0 aromatic carbocycles. The summed E-state index contributed by atoms with van der Waals surface area (Å²) >= 11 is -2.71. The third kappa shape index (κ3) is 63.6. The van der Waals surface area contributed by atoms with Crippen molar-refractivity contribution in [2.24, 2.45) is 0 Å². The zero-order valence-corrected chi connectivity index (χ0v) is 13.1. The van der Waals surface area contributed by atoms with Crippen molar-refractivity contribution >= 4 is 0 Å². The van der Waals surface area contributed by atoms with E-state index in [2.05, 4.69) is 6.78 Å². The molecule has 0 rings (SSSR count). The Morgan fingerprint density at radius 2 is 1.12 bits per heavy atom. The second-order valence-corrected chi connectivity index (χ2v) is 5.37. The number of aliphatic hydroxyl groups excluding tert-OH is 2. The molecule has 0 bridgehead atoms. The van der Waals surface area contributed by atoms with Crippen LogP contribution >= 0.6 is 0 Å². The van der Waals surface area contributed by atoms with Crippen molar-refractivity contribution in [2.45, 2.75) is 53.8 Å². The van der Waals surface area contributed by atoms with Crippen LogP contribution in [-0.2, 0) is 28.2 Å². The van der Waals surface area contributed by atoms with Crippen LogP contribution in [0.15, 0.2) is 0 Å². The van der Waals surface area contributed by atoms with Gasteiger partial charge in [0.15, 0.2) is 0 Å². The first-order chi connectivity index (χ1) is 7.27. The van der Waals surface area contributed by atoms with Crippen molar-refractivity contribution in [3.05, 3.63) is 0 Å². The van der Waals surface area contributed by atoms with Crippen LogP contribution in [-0.4, -0.2) is 35.6 Å². The average Bonchev–Trinajstić information content (AvgIpc) is 2.02. The molecule has 0 atom stereocenters. The predicted octanol–water partition coefficient (Wildman–Crippen LogP) is 1.63. The Labute approximate surface area is 106 Å². The van der Waals surface area contributed by atoms with Crippen LogP contribution < -0.4 is 0 Å². The molecule has 0 saturated carbocycles. The van der Waals surface area contributed by atoms with Crippen LogP contribution in [0.25, 0.3) is 0 Å². The van der Waals surface area contributed by atoms with Gasteiger partial charge in [-0.1, -0.05) is 0 Å². The zero-order chi connectivity index (χ0) is 13.6. The van der Waals surface area contributed by atoms with E-state index in [0.29, 0.717) is 13.2 Å². The molecule has 0 aliphatic heterocycles. The Hall–Kier alpha value is 0.328. The SMILES string of the molecule is CC(C)O.CC(C)O.CC[O][Mo](=[O])[O]CC. The molecule has 16 heavy (non-hydrogen) atoms. The van der Waals surface area contributed by atoms with Gasteiger partial charge in [0.2, 0.25) is 0 Å². The Morgan fingerprint density at radius 3 is 1.25 bits per heavy atom. The van der Waals surface area contributed by atoms with Crippen molar-refractivity contribution in [1.82, 2.24) is 0 Å². The summed E-state index contributed by atoms with van der Waals surface area (Å²) in [5, 5.41) is 16.1. The van der Waals surface area contributed by atoms with Crippen molar-refractivity contribution in [3.8, 4) is 0 Å². The molecular formula is C10H26MoO5. The molecule has 0 unspecified atom stereocenters. The van der Waals surface area contributed by atoms with Gasteiger partial charge in [0.1, 0.15) is 0 Å². The van der Waals surface area contributed by atoms with E-state index >= 15 is 0 Å². The molecule has 0 fully saturated rings. The van der Waals surface area contributed by atoms with Crippen LogP contribution in [0.4, 0.5) is 0 Å². The second kappa shape index (κ2) is 17.7. The van der Waals surface area contributed by atoms with Gasteiger partial charge in [-0.2, -0.15) is 0 Å². The van der Waals surface area contributed by atoms with Crippen molar-refractivity contribution in [2.75, 3.05) is 13.2 Å².